The van der Waals surface area contributed by atoms with Gasteiger partial charge in [0, 0.05) is 25.2 Å². The molecule has 1 heterocycles. The molecule has 1 unspecified atom stereocenters. The maximum absolute atomic E-state index is 13.7. The molecule has 20 heavy (non-hydrogen) atoms. The van der Waals surface area contributed by atoms with Gasteiger partial charge in [0.2, 0.25) is 5.91 Å². The van der Waals surface area contributed by atoms with Crippen LogP contribution in [0.15, 0.2) is 18.2 Å². The summed E-state index contributed by atoms with van der Waals surface area (Å²) in [5.41, 5.74) is 0.762. The minimum absolute atomic E-state index is 0.0663. The maximum atomic E-state index is 13.7. The third-order valence-corrected chi connectivity index (χ3v) is 3.57. The molecule has 1 aromatic carbocycles. The third kappa shape index (κ3) is 3.34. The molecule has 1 aliphatic heterocycles. The molecule has 0 saturated carbocycles. The predicted octanol–water partition coefficient (Wildman–Crippen LogP) is 1.80. The minimum atomic E-state index is -0.419. The molecular formula is C15H18FN3O. The number of hydrogen-bond donors (Lipinski definition) is 1. The average molecular weight is 275 g/mol. The number of nitrogens with one attached hydrogen (secondary N) is 1. The van der Waals surface area contributed by atoms with Crippen LogP contribution in [0.25, 0.3) is 0 Å². The van der Waals surface area contributed by atoms with Crippen molar-refractivity contribution in [3.8, 4) is 6.07 Å². The molecule has 0 bridgehead atoms. The summed E-state index contributed by atoms with van der Waals surface area (Å²) in [6, 6.07) is 5.93. The van der Waals surface area contributed by atoms with E-state index in [4.69, 9.17) is 5.26 Å². The van der Waals surface area contributed by atoms with Crippen molar-refractivity contribution in [2.45, 2.75) is 32.4 Å². The monoisotopic (exact) mass is 275 g/mol. The molecule has 0 aliphatic carbocycles. The molecule has 1 aromatic rings. The molecule has 4 nitrogen and oxygen atoms in total. The first kappa shape index (κ1) is 14.5. The molecule has 106 valence electrons. The summed E-state index contributed by atoms with van der Waals surface area (Å²) in [5.74, 6) is -0.353. The lowest BCUT2D eigenvalue weighted by molar-refractivity contribution is -0.131. The van der Waals surface area contributed by atoms with Crippen molar-refractivity contribution in [1.82, 2.24) is 10.2 Å². The molecule has 1 atom stereocenters. The van der Waals surface area contributed by atoms with Gasteiger partial charge in [-0.3, -0.25) is 4.79 Å². The fourth-order valence-corrected chi connectivity index (χ4v) is 2.32. The van der Waals surface area contributed by atoms with Gasteiger partial charge in [0.15, 0.2) is 0 Å². The van der Waals surface area contributed by atoms with Crippen LogP contribution in [-0.2, 0) is 11.3 Å². The van der Waals surface area contributed by atoms with E-state index in [1.54, 1.807) is 19.1 Å². The molecule has 0 radical (unpaired) electrons. The topological polar surface area (TPSA) is 56.1 Å². The minimum Gasteiger partial charge on any atom is -0.341 e. The number of likely N-dealkylation sites (tertiary alicyclic amines) is 1. The summed E-state index contributed by atoms with van der Waals surface area (Å²) in [7, 11) is 0. The Kier molecular flexibility index (Phi) is 4.70. The zero-order valence-electron chi connectivity index (χ0n) is 11.5. The highest BCUT2D eigenvalue weighted by atomic mass is 19.1. The van der Waals surface area contributed by atoms with Gasteiger partial charge < -0.3 is 10.2 Å². The molecule has 5 heteroatoms. The molecule has 2 rings (SSSR count). The quantitative estimate of drug-likeness (QED) is 0.911. The van der Waals surface area contributed by atoms with Crippen molar-refractivity contribution >= 4 is 5.91 Å². The largest absolute Gasteiger partial charge is 0.341 e. The van der Waals surface area contributed by atoms with E-state index in [1.807, 2.05) is 11.0 Å². The van der Waals surface area contributed by atoms with Crippen LogP contribution in [0.4, 0.5) is 4.39 Å². The lowest BCUT2D eigenvalue weighted by atomic mass is 10.1. The summed E-state index contributed by atoms with van der Waals surface area (Å²) in [5, 5.41) is 11.7. The highest BCUT2D eigenvalue weighted by Gasteiger charge is 2.22. The Balaban J connectivity index is 1.91. The predicted molar refractivity (Wildman–Crippen MR) is 73.2 cm³/mol. The summed E-state index contributed by atoms with van der Waals surface area (Å²) < 4.78 is 13.7. The summed E-state index contributed by atoms with van der Waals surface area (Å²) in [6.45, 7) is 3.70. The number of benzene rings is 1. The molecule has 0 spiro atoms. The van der Waals surface area contributed by atoms with Gasteiger partial charge in [-0.05, 0) is 31.9 Å². The van der Waals surface area contributed by atoms with E-state index in [0.717, 1.165) is 25.9 Å². The van der Waals surface area contributed by atoms with Crippen LogP contribution in [0.5, 0.6) is 0 Å². The van der Waals surface area contributed by atoms with Gasteiger partial charge in [-0.25, -0.2) is 4.39 Å². The molecule has 1 saturated heterocycles. The number of hydrogen-bond acceptors (Lipinski definition) is 3. The number of nitriles is 1. The molecule has 1 N–H and O–H groups in total. The Hall–Kier alpha value is -1.93. The van der Waals surface area contributed by atoms with Crippen molar-refractivity contribution < 1.29 is 9.18 Å². The highest BCUT2D eigenvalue weighted by molar-refractivity contribution is 5.81. The fraction of sp³-hybridized carbons (Fsp3) is 0.467. The summed E-state index contributed by atoms with van der Waals surface area (Å²) in [4.78, 5) is 13.9. The van der Waals surface area contributed by atoms with Crippen LogP contribution in [0.1, 0.15) is 30.9 Å². The first-order valence-electron chi connectivity index (χ1n) is 6.82. The summed E-state index contributed by atoms with van der Waals surface area (Å²) in [6.07, 6.45) is 2.12. The Morgan fingerprint density at radius 1 is 1.50 bits per heavy atom. The summed E-state index contributed by atoms with van der Waals surface area (Å²) >= 11 is 0. The van der Waals surface area contributed by atoms with Crippen molar-refractivity contribution in [3.05, 3.63) is 35.1 Å². The van der Waals surface area contributed by atoms with E-state index in [2.05, 4.69) is 5.32 Å². The number of amides is 1. The van der Waals surface area contributed by atoms with Crippen LogP contribution in [0, 0.1) is 17.1 Å². The lowest BCUT2D eigenvalue weighted by Gasteiger charge is -2.21. The van der Waals surface area contributed by atoms with E-state index in [9.17, 15) is 9.18 Å². The molecule has 1 amide bonds. The van der Waals surface area contributed by atoms with E-state index >= 15 is 0 Å². The second-order valence-electron chi connectivity index (χ2n) is 5.05. The number of halogens is 1. The molecule has 0 aromatic heterocycles. The second-order valence-corrected chi connectivity index (χ2v) is 5.05. The first-order valence-corrected chi connectivity index (χ1v) is 6.82. The van der Waals surface area contributed by atoms with Crippen LogP contribution in [0.2, 0.25) is 0 Å². The van der Waals surface area contributed by atoms with Crippen molar-refractivity contribution in [1.29, 1.82) is 5.26 Å². The highest BCUT2D eigenvalue weighted by Crippen LogP contribution is 2.12. The van der Waals surface area contributed by atoms with Gasteiger partial charge in [-0.2, -0.15) is 5.26 Å². The number of nitrogens with zero attached hydrogens (tertiary/aromatic N) is 2. The van der Waals surface area contributed by atoms with Gasteiger partial charge in [0.25, 0.3) is 0 Å². The van der Waals surface area contributed by atoms with E-state index < -0.39 is 5.82 Å². The SMILES string of the molecule is CC(NCc1ccc(C#N)cc1F)C(=O)N1CCCC1. The Morgan fingerprint density at radius 2 is 2.20 bits per heavy atom. The number of rotatable bonds is 4. The van der Waals surface area contributed by atoms with Gasteiger partial charge in [-0.1, -0.05) is 6.07 Å². The van der Waals surface area contributed by atoms with Crippen molar-refractivity contribution in [3.63, 3.8) is 0 Å². The average Bonchev–Trinajstić information content (AvgIpc) is 2.98. The zero-order valence-corrected chi connectivity index (χ0v) is 11.5. The van der Waals surface area contributed by atoms with Crippen LogP contribution in [-0.4, -0.2) is 29.9 Å². The van der Waals surface area contributed by atoms with E-state index in [0.29, 0.717) is 11.1 Å². The normalized spacial score (nSPS) is 15.9. The number of carbonyl (C=O) groups is 1. The lowest BCUT2D eigenvalue weighted by Crippen LogP contribution is -2.43. The Labute approximate surface area is 118 Å². The van der Waals surface area contributed by atoms with Crippen LogP contribution < -0.4 is 5.32 Å². The third-order valence-electron chi connectivity index (χ3n) is 3.57. The zero-order chi connectivity index (χ0) is 14.5. The van der Waals surface area contributed by atoms with E-state index in [-0.39, 0.29) is 18.5 Å². The maximum Gasteiger partial charge on any atom is 0.239 e. The molecule has 1 aliphatic rings. The Bertz CT molecular complexity index is 532. The van der Waals surface area contributed by atoms with Crippen molar-refractivity contribution in [2.24, 2.45) is 0 Å². The smallest absolute Gasteiger partial charge is 0.239 e. The molecular weight excluding hydrogens is 257 g/mol. The van der Waals surface area contributed by atoms with Crippen molar-refractivity contribution in [2.75, 3.05) is 13.1 Å². The second kappa shape index (κ2) is 6.49. The van der Waals surface area contributed by atoms with Crippen LogP contribution in [0.3, 0.4) is 0 Å². The Morgan fingerprint density at radius 3 is 2.80 bits per heavy atom. The number of carbonyl (C=O) groups excluding carboxylic acids is 1. The van der Waals surface area contributed by atoms with Crippen LogP contribution >= 0.6 is 0 Å². The fourth-order valence-electron chi connectivity index (χ4n) is 2.32. The van der Waals surface area contributed by atoms with E-state index in [1.165, 1.54) is 6.07 Å². The van der Waals surface area contributed by atoms with Gasteiger partial charge >= 0.3 is 0 Å². The van der Waals surface area contributed by atoms with Gasteiger partial charge in [0.05, 0.1) is 17.7 Å². The first-order chi connectivity index (χ1) is 9.61. The standard InChI is InChI=1S/C15H18FN3O/c1-11(15(20)19-6-2-3-7-19)18-10-13-5-4-12(9-17)8-14(13)16/h4-5,8,11,18H,2-3,6-7,10H2,1H3. The van der Waals surface area contributed by atoms with Gasteiger partial charge in [-0.15, -0.1) is 0 Å². The molecule has 1 fully saturated rings. The van der Waals surface area contributed by atoms with Gasteiger partial charge in [0.1, 0.15) is 5.82 Å².